The van der Waals surface area contributed by atoms with Crippen molar-refractivity contribution in [2.24, 2.45) is 5.92 Å². The SMILES string of the molecule is CC1CCc2[nH]c3c(C(=O)NCCNC(=O)c4ccco4)cccc3c2C1. The molecule has 27 heavy (non-hydrogen) atoms. The normalized spacial score (nSPS) is 16.1. The van der Waals surface area contributed by atoms with Crippen LogP contribution in [0.5, 0.6) is 0 Å². The number of hydrogen-bond acceptors (Lipinski definition) is 3. The van der Waals surface area contributed by atoms with Gasteiger partial charge in [-0.3, -0.25) is 9.59 Å². The monoisotopic (exact) mass is 365 g/mol. The van der Waals surface area contributed by atoms with Crippen molar-refractivity contribution in [3.8, 4) is 0 Å². The molecule has 6 nitrogen and oxygen atoms in total. The summed E-state index contributed by atoms with van der Waals surface area (Å²) in [4.78, 5) is 27.9. The largest absolute Gasteiger partial charge is 0.459 e. The number of hydrogen-bond donors (Lipinski definition) is 3. The van der Waals surface area contributed by atoms with E-state index < -0.39 is 0 Å². The van der Waals surface area contributed by atoms with Crippen molar-refractivity contribution in [1.82, 2.24) is 15.6 Å². The van der Waals surface area contributed by atoms with E-state index in [1.54, 1.807) is 12.1 Å². The summed E-state index contributed by atoms with van der Waals surface area (Å²) in [6.07, 6.45) is 4.72. The second kappa shape index (κ2) is 7.31. The van der Waals surface area contributed by atoms with Gasteiger partial charge in [0.15, 0.2) is 5.76 Å². The smallest absolute Gasteiger partial charge is 0.287 e. The third-order valence-electron chi connectivity index (χ3n) is 5.16. The summed E-state index contributed by atoms with van der Waals surface area (Å²) in [7, 11) is 0. The maximum absolute atomic E-state index is 12.6. The number of aromatic nitrogens is 1. The third kappa shape index (κ3) is 3.47. The summed E-state index contributed by atoms with van der Waals surface area (Å²) in [6, 6.07) is 9.12. The fraction of sp³-hybridized carbons (Fsp3) is 0.333. The highest BCUT2D eigenvalue weighted by atomic mass is 16.3. The minimum absolute atomic E-state index is 0.139. The van der Waals surface area contributed by atoms with E-state index in [0.29, 0.717) is 24.6 Å². The molecule has 1 atom stereocenters. The van der Waals surface area contributed by atoms with Gasteiger partial charge in [0.2, 0.25) is 0 Å². The van der Waals surface area contributed by atoms with Gasteiger partial charge in [-0.2, -0.15) is 0 Å². The van der Waals surface area contributed by atoms with Gasteiger partial charge in [0, 0.05) is 24.2 Å². The van der Waals surface area contributed by atoms with Crippen LogP contribution in [0.15, 0.2) is 41.0 Å². The first-order valence-corrected chi connectivity index (χ1v) is 9.36. The lowest BCUT2D eigenvalue weighted by molar-refractivity contribution is 0.0911. The van der Waals surface area contributed by atoms with Gasteiger partial charge < -0.3 is 20.0 Å². The number of para-hydroxylation sites is 1. The second-order valence-electron chi connectivity index (χ2n) is 7.15. The van der Waals surface area contributed by atoms with E-state index in [1.807, 2.05) is 12.1 Å². The molecule has 2 amide bonds. The zero-order valence-corrected chi connectivity index (χ0v) is 15.3. The number of amides is 2. The molecule has 3 N–H and O–H groups in total. The number of rotatable bonds is 5. The highest BCUT2D eigenvalue weighted by molar-refractivity contribution is 6.06. The van der Waals surface area contributed by atoms with E-state index in [-0.39, 0.29) is 17.6 Å². The number of aromatic amines is 1. The fourth-order valence-corrected chi connectivity index (χ4v) is 3.75. The molecule has 0 saturated carbocycles. The number of aryl methyl sites for hydroxylation is 1. The van der Waals surface area contributed by atoms with Crippen molar-refractivity contribution in [2.75, 3.05) is 13.1 Å². The summed E-state index contributed by atoms with van der Waals surface area (Å²) >= 11 is 0. The summed E-state index contributed by atoms with van der Waals surface area (Å²) in [5.41, 5.74) is 4.17. The van der Waals surface area contributed by atoms with E-state index in [1.165, 1.54) is 23.9 Å². The van der Waals surface area contributed by atoms with Crippen LogP contribution in [-0.4, -0.2) is 29.9 Å². The molecule has 1 aliphatic rings. The minimum Gasteiger partial charge on any atom is -0.459 e. The van der Waals surface area contributed by atoms with E-state index in [0.717, 1.165) is 23.7 Å². The maximum Gasteiger partial charge on any atom is 0.287 e. The van der Waals surface area contributed by atoms with Gasteiger partial charge in [0.1, 0.15) is 0 Å². The predicted molar refractivity (Wildman–Crippen MR) is 103 cm³/mol. The molecule has 2 aromatic heterocycles. The zero-order chi connectivity index (χ0) is 18.8. The Bertz CT molecular complexity index is 972. The standard InChI is InChI=1S/C21H23N3O3/c1-13-7-8-17-16(12-13)14-4-2-5-15(19(14)24-17)20(25)22-9-10-23-21(26)18-6-3-11-27-18/h2-6,11,13,24H,7-10,12H2,1H3,(H,22,25)(H,23,26). The van der Waals surface area contributed by atoms with Gasteiger partial charge in [-0.1, -0.05) is 19.1 Å². The van der Waals surface area contributed by atoms with Crippen LogP contribution in [0.3, 0.4) is 0 Å². The van der Waals surface area contributed by atoms with Crippen LogP contribution >= 0.6 is 0 Å². The van der Waals surface area contributed by atoms with E-state index >= 15 is 0 Å². The van der Waals surface area contributed by atoms with Crippen molar-refractivity contribution >= 4 is 22.7 Å². The van der Waals surface area contributed by atoms with Crippen molar-refractivity contribution < 1.29 is 14.0 Å². The van der Waals surface area contributed by atoms with Gasteiger partial charge in [-0.25, -0.2) is 0 Å². The molecule has 2 heterocycles. The van der Waals surface area contributed by atoms with Gasteiger partial charge in [-0.05, 0) is 48.9 Å². The Morgan fingerprint density at radius 1 is 1.15 bits per heavy atom. The molecule has 0 aliphatic heterocycles. The van der Waals surface area contributed by atoms with Crippen LogP contribution in [0, 0.1) is 5.92 Å². The fourth-order valence-electron chi connectivity index (χ4n) is 3.75. The lowest BCUT2D eigenvalue weighted by atomic mass is 9.87. The minimum atomic E-state index is -0.289. The number of benzene rings is 1. The molecule has 0 saturated heterocycles. The maximum atomic E-state index is 12.6. The van der Waals surface area contributed by atoms with Gasteiger partial charge in [0.25, 0.3) is 11.8 Å². The topological polar surface area (TPSA) is 87.1 Å². The van der Waals surface area contributed by atoms with Gasteiger partial charge in [0.05, 0.1) is 17.3 Å². The van der Waals surface area contributed by atoms with E-state index in [4.69, 9.17) is 4.42 Å². The van der Waals surface area contributed by atoms with Gasteiger partial charge in [-0.15, -0.1) is 0 Å². The quantitative estimate of drug-likeness (QED) is 0.607. The van der Waals surface area contributed by atoms with Crippen molar-refractivity contribution in [1.29, 1.82) is 0 Å². The Balaban J connectivity index is 1.42. The highest BCUT2D eigenvalue weighted by Gasteiger charge is 2.22. The molecule has 0 fully saturated rings. The summed E-state index contributed by atoms with van der Waals surface area (Å²) in [6.45, 7) is 2.95. The molecule has 1 aliphatic carbocycles. The number of nitrogens with one attached hydrogen (secondary N) is 3. The van der Waals surface area contributed by atoms with Crippen molar-refractivity contribution in [3.63, 3.8) is 0 Å². The predicted octanol–water partition coefficient (Wildman–Crippen LogP) is 3.05. The molecule has 3 aromatic rings. The first kappa shape index (κ1) is 17.4. The van der Waals surface area contributed by atoms with Crippen molar-refractivity contribution in [3.05, 3.63) is 59.2 Å². The molecule has 0 radical (unpaired) electrons. The molecule has 0 bridgehead atoms. The average molecular weight is 365 g/mol. The number of carbonyl (C=O) groups is 2. The molecule has 1 unspecified atom stereocenters. The van der Waals surface area contributed by atoms with Crippen LogP contribution < -0.4 is 10.6 Å². The van der Waals surface area contributed by atoms with Gasteiger partial charge >= 0.3 is 0 Å². The lowest BCUT2D eigenvalue weighted by Crippen LogP contribution is -2.34. The first-order valence-electron chi connectivity index (χ1n) is 9.36. The third-order valence-corrected chi connectivity index (χ3v) is 5.16. The Morgan fingerprint density at radius 2 is 1.96 bits per heavy atom. The van der Waals surface area contributed by atoms with Crippen molar-refractivity contribution in [2.45, 2.75) is 26.2 Å². The van der Waals surface area contributed by atoms with Crippen LogP contribution in [0.25, 0.3) is 10.9 Å². The molecular formula is C21H23N3O3. The molecule has 0 spiro atoms. The number of carbonyl (C=O) groups excluding carboxylic acids is 2. The van der Waals surface area contributed by atoms with E-state index in [9.17, 15) is 9.59 Å². The molecule has 6 heteroatoms. The Labute approximate surface area is 157 Å². The number of H-pyrrole nitrogens is 1. The van der Waals surface area contributed by atoms with Crippen LogP contribution in [0.1, 0.15) is 45.5 Å². The number of furan rings is 1. The second-order valence-corrected chi connectivity index (χ2v) is 7.15. The summed E-state index contributed by atoms with van der Waals surface area (Å²) in [5, 5.41) is 6.74. The number of fused-ring (bicyclic) bond motifs is 3. The Hall–Kier alpha value is -3.02. The molecule has 1 aromatic carbocycles. The molecular weight excluding hydrogens is 342 g/mol. The highest BCUT2D eigenvalue weighted by Crippen LogP contribution is 2.32. The first-order chi connectivity index (χ1) is 13.1. The van der Waals surface area contributed by atoms with E-state index in [2.05, 4.69) is 28.6 Å². The van der Waals surface area contributed by atoms with Crippen LogP contribution in [0.4, 0.5) is 0 Å². The molecule has 4 rings (SSSR count). The zero-order valence-electron chi connectivity index (χ0n) is 15.3. The Morgan fingerprint density at radius 3 is 2.74 bits per heavy atom. The molecule has 140 valence electrons. The van der Waals surface area contributed by atoms with Crippen LogP contribution in [0.2, 0.25) is 0 Å². The lowest BCUT2D eigenvalue weighted by Gasteiger charge is -2.17. The average Bonchev–Trinajstić information content (AvgIpc) is 3.32. The Kier molecular flexibility index (Phi) is 4.71. The summed E-state index contributed by atoms with van der Waals surface area (Å²) in [5.74, 6) is 0.506. The van der Waals surface area contributed by atoms with Crippen LogP contribution in [-0.2, 0) is 12.8 Å². The summed E-state index contributed by atoms with van der Waals surface area (Å²) < 4.78 is 5.03.